The summed E-state index contributed by atoms with van der Waals surface area (Å²) in [5.41, 5.74) is 6.87. The number of amides is 3. The number of aldehydes is 2. The SMILES string of the molecule is CN.CN.CNC(=O)CSc1cc(C2=C3C=C(F)C=CC3Oc3cc(O)c(F)cc32)c(C(=O)O)c(F)c1F.Cn1cc2cc3ccccc3cc2c1C#N.O=C(CSc1cc(C2=C3C=C(F)C=CC3Oc3cc(O)c(F)cc32)c(C(=O)O)c(F)c1F)ON1C(=O)CCC1=O.O=Cc1cc2ccccc2cc1C=O. The molecule has 1 aromatic heterocycles. The minimum absolute atomic E-state index is 0.0355. The number of rotatable bonds is 13. The number of benzene rings is 8. The fourth-order valence-corrected chi connectivity index (χ4v) is 13.2. The molecule has 3 amide bonds. The van der Waals surface area contributed by atoms with Crippen molar-refractivity contribution in [2.75, 3.05) is 32.6 Å². The summed E-state index contributed by atoms with van der Waals surface area (Å²) in [5, 5.41) is 57.3. The maximum Gasteiger partial charge on any atom is 0.343 e. The van der Waals surface area contributed by atoms with Gasteiger partial charge in [0.05, 0.1) is 11.5 Å². The van der Waals surface area contributed by atoms with Crippen molar-refractivity contribution >= 4 is 115 Å². The highest BCUT2D eigenvalue weighted by atomic mass is 32.2. The molecule has 108 heavy (non-hydrogen) atoms. The van der Waals surface area contributed by atoms with Crippen LogP contribution in [0, 0.1) is 46.2 Å². The lowest BCUT2D eigenvalue weighted by atomic mass is 9.84. The van der Waals surface area contributed by atoms with Gasteiger partial charge in [0.1, 0.15) is 58.3 Å². The maximum atomic E-state index is 15.2. The summed E-state index contributed by atoms with van der Waals surface area (Å²) in [7, 11) is 6.26. The molecule has 14 rings (SSSR count). The summed E-state index contributed by atoms with van der Waals surface area (Å²) in [6, 6.07) is 31.1. The number of aromatic carboxylic acids is 2. The van der Waals surface area contributed by atoms with E-state index in [4.69, 9.17) is 19.6 Å². The largest absolute Gasteiger partial charge is 0.505 e. The standard InChI is InChI=1S/C26H15F4NO8S.C23H15F4NO5S.C14H10N2.C12H8O2.2CH5N/c27-10-1-2-16-11(5-10)22(12-6-14(28)15(32)8-17(12)38-16)13-7-18(24(29)25(30)23(13)26(36)37)40-9-21(35)39-31-19(33)3-4-20(31)34;1-28-18(30)8-34-17-6-12(20(23(31)32)22(27)21(17)26)19-10-4-9(24)2-3-15(10)33-16-7-14(29)13(25)5-11(16)19;1-16-9-12-6-10-4-2-3-5-11(10)7-13(12)14(16)8-15;13-7-11-5-9-3-1-2-4-10(9)6-12(11)8-14;2*1-2/h1-2,5-8,16,32H,3-4,9H2,(H,36,37);2-7,15,29H,8H2,1H3,(H,28,30)(H,31,32);2-7,9H,1H3;1-8H;2*2H2,1H3. The summed E-state index contributed by atoms with van der Waals surface area (Å²) in [4.78, 5) is 96.3. The molecule has 5 aliphatic rings. The number of allylic oxidation sites excluding steroid dienone is 4. The van der Waals surface area contributed by atoms with Crippen LogP contribution in [-0.4, -0.2) is 123 Å². The number of phenolic OH excluding ortho intramolecular Hbond substituents is 2. The third-order valence-corrected chi connectivity index (χ3v) is 18.4. The Morgan fingerprint density at radius 3 is 1.43 bits per heavy atom. The van der Waals surface area contributed by atoms with Crippen LogP contribution in [0.5, 0.6) is 23.0 Å². The van der Waals surface area contributed by atoms with E-state index < -0.39 is 133 Å². The van der Waals surface area contributed by atoms with Crippen molar-refractivity contribution in [3.8, 4) is 29.1 Å². The number of halogens is 8. The fourth-order valence-electron chi connectivity index (χ4n) is 11.6. The number of nitriles is 1. The van der Waals surface area contributed by atoms with E-state index in [0.717, 1.165) is 87.9 Å². The number of hydroxylamine groups is 2. The first-order valence-electron chi connectivity index (χ1n) is 31.7. The number of imide groups is 1. The van der Waals surface area contributed by atoms with Crippen LogP contribution in [0.4, 0.5) is 35.1 Å². The predicted molar refractivity (Wildman–Crippen MR) is 383 cm³/mol. The van der Waals surface area contributed by atoms with Gasteiger partial charge >= 0.3 is 17.9 Å². The van der Waals surface area contributed by atoms with Crippen LogP contribution >= 0.6 is 23.5 Å². The molecule has 3 aliphatic heterocycles. The topological polar surface area (TPSA) is 341 Å². The molecule has 9 aromatic rings. The fraction of sp³-hybridized carbons (Fsp3) is 0.130. The van der Waals surface area contributed by atoms with Gasteiger partial charge in [0, 0.05) is 122 Å². The van der Waals surface area contributed by atoms with Gasteiger partial charge in [-0.1, -0.05) is 48.5 Å². The lowest BCUT2D eigenvalue weighted by molar-refractivity contribution is -0.195. The Morgan fingerprint density at radius 1 is 0.602 bits per heavy atom. The quantitative estimate of drug-likeness (QED) is 0.0244. The number of aromatic hydroxyl groups is 2. The first-order chi connectivity index (χ1) is 51.7. The summed E-state index contributed by atoms with van der Waals surface area (Å²) in [5.74, 6) is -20.1. The number of nitrogens with two attached hydrogens (primary N) is 2. The second-order valence-electron chi connectivity index (χ2n) is 22.9. The molecular formula is C77H58F8N6O15S2. The number of carboxylic acids is 2. The molecule has 554 valence electrons. The van der Waals surface area contributed by atoms with E-state index in [1.165, 1.54) is 44.1 Å². The zero-order chi connectivity index (χ0) is 78.7. The second kappa shape index (κ2) is 34.5. The minimum Gasteiger partial charge on any atom is -0.505 e. The zero-order valence-electron chi connectivity index (χ0n) is 56.7. The number of hydrogen-bond donors (Lipinski definition) is 7. The number of carbonyl (C=O) groups is 8. The highest BCUT2D eigenvalue weighted by Gasteiger charge is 2.38. The van der Waals surface area contributed by atoms with E-state index in [9.17, 15) is 80.7 Å². The lowest BCUT2D eigenvalue weighted by Crippen LogP contribution is -2.32. The molecule has 31 heteroatoms. The number of ether oxygens (including phenoxy) is 2. The zero-order valence-corrected chi connectivity index (χ0v) is 58.3. The van der Waals surface area contributed by atoms with Crippen molar-refractivity contribution in [1.82, 2.24) is 14.9 Å². The Hall–Kier alpha value is -12.6. The molecular weight excluding hydrogens is 1460 g/mol. The van der Waals surface area contributed by atoms with Gasteiger partial charge in [0.15, 0.2) is 59.0 Å². The van der Waals surface area contributed by atoms with Gasteiger partial charge in [-0.05, 0) is 121 Å². The van der Waals surface area contributed by atoms with Crippen LogP contribution in [-0.2, 0) is 31.1 Å². The average Bonchev–Trinajstić information content (AvgIpc) is 0.976. The van der Waals surface area contributed by atoms with Gasteiger partial charge in [-0.2, -0.15) is 5.26 Å². The Morgan fingerprint density at radius 2 is 1.02 bits per heavy atom. The highest BCUT2D eigenvalue weighted by molar-refractivity contribution is 8.00. The Kier molecular flexibility index (Phi) is 25.4. The molecule has 8 aromatic carbocycles. The molecule has 2 aliphatic carbocycles. The number of aryl methyl sites for hydroxylation is 1. The molecule has 1 saturated heterocycles. The minimum atomic E-state index is -1.90. The van der Waals surface area contributed by atoms with Gasteiger partial charge in [-0.25, -0.2) is 49.5 Å². The van der Waals surface area contributed by atoms with Crippen molar-refractivity contribution in [3.63, 3.8) is 0 Å². The maximum absolute atomic E-state index is 15.2. The number of carbonyl (C=O) groups excluding carboxylic acids is 6. The average molecular weight is 1520 g/mol. The normalized spacial score (nSPS) is 14.8. The molecule has 1 fully saturated rings. The van der Waals surface area contributed by atoms with Crippen LogP contribution in [0.1, 0.15) is 82.2 Å². The van der Waals surface area contributed by atoms with Crippen LogP contribution in [0.25, 0.3) is 43.5 Å². The first-order valence-corrected chi connectivity index (χ1v) is 33.7. The van der Waals surface area contributed by atoms with Gasteiger partial charge in [-0.3, -0.25) is 24.0 Å². The van der Waals surface area contributed by atoms with Crippen molar-refractivity contribution in [2.45, 2.75) is 34.8 Å². The molecule has 21 nitrogen and oxygen atoms in total. The summed E-state index contributed by atoms with van der Waals surface area (Å²) >= 11 is 0.985. The predicted octanol–water partition coefficient (Wildman–Crippen LogP) is 13.3. The Balaban J connectivity index is 0.000000176. The van der Waals surface area contributed by atoms with Crippen molar-refractivity contribution < 1.29 is 108 Å². The molecule has 0 bridgehead atoms. The molecule has 9 N–H and O–H groups in total. The third-order valence-electron chi connectivity index (χ3n) is 16.4. The number of phenols is 2. The highest BCUT2D eigenvalue weighted by Crippen LogP contribution is 2.49. The molecule has 2 atom stereocenters. The Labute approximate surface area is 615 Å². The number of hydrogen-bond acceptors (Lipinski definition) is 18. The molecule has 0 spiro atoms. The van der Waals surface area contributed by atoms with E-state index in [-0.39, 0.29) is 79.0 Å². The summed E-state index contributed by atoms with van der Waals surface area (Å²) in [6.07, 6.45) is 7.69. The summed E-state index contributed by atoms with van der Waals surface area (Å²) < 4.78 is 130. The molecule has 2 unspecified atom stereocenters. The molecule has 0 radical (unpaired) electrons. The third kappa shape index (κ3) is 16.7. The Bertz CT molecular complexity index is 5410. The number of thioether (sulfide) groups is 2. The number of aromatic nitrogens is 1. The van der Waals surface area contributed by atoms with Crippen LogP contribution in [0.3, 0.4) is 0 Å². The monoisotopic (exact) mass is 1520 g/mol. The van der Waals surface area contributed by atoms with E-state index in [2.05, 4.69) is 47.1 Å². The molecule has 0 saturated carbocycles. The number of fused-ring (bicyclic) bond motifs is 7. The van der Waals surface area contributed by atoms with Crippen molar-refractivity contribution in [3.05, 3.63) is 260 Å². The number of nitrogens with zero attached hydrogens (tertiary/aromatic N) is 3. The van der Waals surface area contributed by atoms with E-state index in [0.29, 0.717) is 47.2 Å². The number of nitrogens with one attached hydrogen (secondary N) is 1. The lowest BCUT2D eigenvalue weighted by Gasteiger charge is -2.31. The molecule has 4 heterocycles. The number of carboxylic acid groups (broad SMARTS) is 2. The second-order valence-corrected chi connectivity index (χ2v) is 25.0. The smallest absolute Gasteiger partial charge is 0.343 e. The van der Waals surface area contributed by atoms with Crippen LogP contribution in [0.2, 0.25) is 0 Å². The first kappa shape index (κ1) is 79.5. The van der Waals surface area contributed by atoms with E-state index in [1.807, 2.05) is 54.2 Å². The van der Waals surface area contributed by atoms with Gasteiger partial charge in [0.2, 0.25) is 5.91 Å². The van der Waals surface area contributed by atoms with Crippen molar-refractivity contribution in [1.29, 1.82) is 5.26 Å². The van der Waals surface area contributed by atoms with Crippen LogP contribution < -0.4 is 26.3 Å². The van der Waals surface area contributed by atoms with Gasteiger partial charge in [0.25, 0.3) is 11.8 Å². The summed E-state index contributed by atoms with van der Waals surface area (Å²) in [6.45, 7) is 0. The van der Waals surface area contributed by atoms with E-state index >= 15 is 13.2 Å². The van der Waals surface area contributed by atoms with Gasteiger partial charge < -0.3 is 56.1 Å². The van der Waals surface area contributed by atoms with Crippen LogP contribution in [0.15, 0.2) is 184 Å². The van der Waals surface area contributed by atoms with Gasteiger partial charge in [-0.15, -0.1) is 28.6 Å². The van der Waals surface area contributed by atoms with Crippen molar-refractivity contribution in [2.24, 2.45) is 18.5 Å². The van der Waals surface area contributed by atoms with E-state index in [1.54, 1.807) is 12.1 Å².